The van der Waals surface area contributed by atoms with E-state index in [9.17, 15) is 0 Å². The molecule has 0 aromatic carbocycles. The van der Waals surface area contributed by atoms with Crippen LogP contribution in [0.15, 0.2) is 12.2 Å². The highest BCUT2D eigenvalue weighted by molar-refractivity contribution is 5.85. The van der Waals surface area contributed by atoms with Gasteiger partial charge in [-0.15, -0.1) is 12.4 Å². The molecule has 0 spiro atoms. The van der Waals surface area contributed by atoms with Crippen LogP contribution in [0.25, 0.3) is 0 Å². The van der Waals surface area contributed by atoms with Crippen molar-refractivity contribution in [3.8, 4) is 11.8 Å². The maximum Gasteiger partial charge on any atom is 0.0233 e. The van der Waals surface area contributed by atoms with Gasteiger partial charge in [-0.25, -0.2) is 0 Å². The van der Waals surface area contributed by atoms with E-state index in [0.29, 0.717) is 0 Å². The first-order valence-electron chi connectivity index (χ1n) is 4.94. The van der Waals surface area contributed by atoms with Gasteiger partial charge in [0.2, 0.25) is 0 Å². The van der Waals surface area contributed by atoms with Crippen LogP contribution in [-0.2, 0) is 0 Å². The Morgan fingerprint density at radius 3 is 2.43 bits per heavy atom. The molecule has 0 heterocycles. The molecule has 2 heteroatoms. The molecule has 1 nitrogen and oxygen atoms in total. The maximum atomic E-state index is 3.28. The molecule has 0 saturated carbocycles. The number of halogens is 1. The predicted octanol–water partition coefficient (Wildman–Crippen LogP) is 3.01. The van der Waals surface area contributed by atoms with Crippen molar-refractivity contribution in [2.75, 3.05) is 13.1 Å². The third-order valence-corrected chi connectivity index (χ3v) is 1.34. The fraction of sp³-hybridized carbons (Fsp3) is 0.667. The second-order valence-corrected chi connectivity index (χ2v) is 4.13. The highest BCUT2D eigenvalue weighted by Crippen LogP contribution is 2.09. The van der Waals surface area contributed by atoms with Crippen molar-refractivity contribution in [1.29, 1.82) is 0 Å². The molecule has 0 aliphatic rings. The average molecular weight is 216 g/mol. The van der Waals surface area contributed by atoms with Crippen LogP contribution < -0.4 is 5.32 Å². The van der Waals surface area contributed by atoms with Crippen molar-refractivity contribution in [2.45, 2.75) is 34.1 Å². The minimum Gasteiger partial charge on any atom is -0.313 e. The van der Waals surface area contributed by atoms with Gasteiger partial charge < -0.3 is 5.32 Å². The number of allylic oxidation sites excluding steroid dienone is 1. The first-order valence-corrected chi connectivity index (χ1v) is 4.94. The molecule has 0 bridgehead atoms. The first kappa shape index (κ1) is 16.0. The fourth-order valence-corrected chi connectivity index (χ4v) is 0.738. The van der Waals surface area contributed by atoms with E-state index in [0.717, 1.165) is 13.1 Å². The van der Waals surface area contributed by atoms with E-state index >= 15 is 0 Å². The quantitative estimate of drug-likeness (QED) is 0.562. The summed E-state index contributed by atoms with van der Waals surface area (Å²) in [5.74, 6) is 6.18. The molecule has 0 aromatic heterocycles. The lowest BCUT2D eigenvalue weighted by atomic mass is 9.98. The predicted molar refractivity (Wildman–Crippen MR) is 66.8 cm³/mol. The molecule has 0 atom stereocenters. The fourth-order valence-electron chi connectivity index (χ4n) is 0.738. The summed E-state index contributed by atoms with van der Waals surface area (Å²) in [4.78, 5) is 0. The van der Waals surface area contributed by atoms with Gasteiger partial charge in [-0.3, -0.25) is 0 Å². The van der Waals surface area contributed by atoms with Crippen molar-refractivity contribution in [2.24, 2.45) is 5.41 Å². The van der Waals surface area contributed by atoms with E-state index in [2.05, 4.69) is 50.9 Å². The summed E-state index contributed by atoms with van der Waals surface area (Å²) < 4.78 is 0. The Morgan fingerprint density at radius 2 is 1.93 bits per heavy atom. The second kappa shape index (κ2) is 9.12. The van der Waals surface area contributed by atoms with E-state index < -0.39 is 0 Å². The Hall–Kier alpha value is -0.450. The highest BCUT2D eigenvalue weighted by Gasteiger charge is 2.01. The molecule has 0 aliphatic carbocycles. The molecule has 0 unspecified atom stereocenters. The van der Waals surface area contributed by atoms with Crippen molar-refractivity contribution >= 4 is 12.4 Å². The Kier molecular flexibility index (Phi) is 10.4. The van der Waals surface area contributed by atoms with Gasteiger partial charge in [0.1, 0.15) is 0 Å². The summed E-state index contributed by atoms with van der Waals surface area (Å²) in [7, 11) is 0. The molecule has 0 rings (SSSR count). The second-order valence-electron chi connectivity index (χ2n) is 4.13. The lowest BCUT2D eigenvalue weighted by molar-refractivity contribution is 0.571. The van der Waals surface area contributed by atoms with Crippen LogP contribution in [0.1, 0.15) is 34.1 Å². The normalized spacial score (nSPS) is 10.6. The van der Waals surface area contributed by atoms with Crippen LogP contribution in [0.3, 0.4) is 0 Å². The van der Waals surface area contributed by atoms with E-state index in [1.165, 1.54) is 6.42 Å². The highest BCUT2D eigenvalue weighted by atomic mass is 35.5. The van der Waals surface area contributed by atoms with Crippen LogP contribution in [0, 0.1) is 17.3 Å². The third kappa shape index (κ3) is 14.1. The molecule has 0 aliphatic heterocycles. The summed E-state index contributed by atoms with van der Waals surface area (Å²) in [5.41, 5.74) is 0.112. The van der Waals surface area contributed by atoms with Crippen molar-refractivity contribution in [3.63, 3.8) is 0 Å². The topological polar surface area (TPSA) is 12.0 Å². The average Bonchev–Trinajstić information content (AvgIpc) is 2.01. The Labute approximate surface area is 94.8 Å². The zero-order valence-electron chi connectivity index (χ0n) is 9.68. The molecule has 82 valence electrons. The minimum atomic E-state index is 0. The largest absolute Gasteiger partial charge is 0.313 e. The van der Waals surface area contributed by atoms with Gasteiger partial charge in [0.25, 0.3) is 0 Å². The van der Waals surface area contributed by atoms with Crippen LogP contribution in [0.2, 0.25) is 0 Å². The van der Waals surface area contributed by atoms with Gasteiger partial charge in [0.15, 0.2) is 0 Å². The zero-order chi connectivity index (χ0) is 10.2. The molecule has 0 saturated heterocycles. The number of hydrogen-bond donors (Lipinski definition) is 1. The van der Waals surface area contributed by atoms with Crippen LogP contribution in [-0.4, -0.2) is 13.1 Å². The molecule has 0 amide bonds. The number of hydrogen-bond acceptors (Lipinski definition) is 1. The SMILES string of the molecule is CCCNC/C=C/C#CC(C)(C)C.Cl. The van der Waals surface area contributed by atoms with Crippen molar-refractivity contribution < 1.29 is 0 Å². The maximum absolute atomic E-state index is 3.28. The lowest BCUT2D eigenvalue weighted by Crippen LogP contribution is -2.13. The van der Waals surface area contributed by atoms with E-state index in [4.69, 9.17) is 0 Å². The summed E-state index contributed by atoms with van der Waals surface area (Å²) in [6.45, 7) is 10.5. The van der Waals surface area contributed by atoms with Crippen LogP contribution >= 0.6 is 12.4 Å². The van der Waals surface area contributed by atoms with Gasteiger partial charge in [-0.2, -0.15) is 0 Å². The van der Waals surface area contributed by atoms with Gasteiger partial charge >= 0.3 is 0 Å². The number of nitrogens with one attached hydrogen (secondary N) is 1. The smallest absolute Gasteiger partial charge is 0.0233 e. The van der Waals surface area contributed by atoms with E-state index in [1.54, 1.807) is 0 Å². The first-order chi connectivity index (χ1) is 6.06. The molecule has 14 heavy (non-hydrogen) atoms. The van der Waals surface area contributed by atoms with Crippen LogP contribution in [0.5, 0.6) is 0 Å². The van der Waals surface area contributed by atoms with Crippen LogP contribution in [0.4, 0.5) is 0 Å². The Morgan fingerprint density at radius 1 is 1.29 bits per heavy atom. The van der Waals surface area contributed by atoms with Gasteiger partial charge in [-0.05, 0) is 39.8 Å². The molecule has 0 radical (unpaired) electrons. The third-order valence-electron chi connectivity index (χ3n) is 1.34. The standard InChI is InChI=1S/C12H21N.ClH/c1-5-10-13-11-8-6-7-9-12(2,3)4;/h6,8,13H,5,10-11H2,1-4H3;1H/b8-6+;. The molecule has 1 N–H and O–H groups in total. The van der Waals surface area contributed by atoms with Gasteiger partial charge in [0.05, 0.1) is 0 Å². The van der Waals surface area contributed by atoms with Gasteiger partial charge in [-0.1, -0.05) is 24.8 Å². The van der Waals surface area contributed by atoms with Gasteiger partial charge in [0, 0.05) is 12.0 Å². The Balaban J connectivity index is 0. The van der Waals surface area contributed by atoms with E-state index in [-0.39, 0.29) is 17.8 Å². The molecular weight excluding hydrogens is 194 g/mol. The summed E-state index contributed by atoms with van der Waals surface area (Å²) in [6.07, 6.45) is 5.17. The zero-order valence-corrected chi connectivity index (χ0v) is 10.5. The molecular formula is C12H22ClN. The Bertz CT molecular complexity index is 203. The minimum absolute atomic E-state index is 0. The monoisotopic (exact) mass is 215 g/mol. The molecule has 0 aromatic rings. The summed E-state index contributed by atoms with van der Waals surface area (Å²) in [6, 6.07) is 0. The summed E-state index contributed by atoms with van der Waals surface area (Å²) in [5, 5.41) is 3.28. The lowest BCUT2D eigenvalue weighted by Gasteiger charge is -2.05. The van der Waals surface area contributed by atoms with Crippen molar-refractivity contribution in [1.82, 2.24) is 5.32 Å². The van der Waals surface area contributed by atoms with E-state index in [1.807, 2.05) is 6.08 Å². The van der Waals surface area contributed by atoms with Crippen molar-refractivity contribution in [3.05, 3.63) is 12.2 Å². The molecule has 0 fully saturated rings. The number of rotatable bonds is 4. The summed E-state index contributed by atoms with van der Waals surface area (Å²) >= 11 is 0.